The van der Waals surface area contributed by atoms with Crippen molar-refractivity contribution in [2.24, 2.45) is 17.3 Å². The lowest BCUT2D eigenvalue weighted by atomic mass is 9.49. The minimum absolute atomic E-state index is 0.236. The maximum absolute atomic E-state index is 11.7. The molecular weight excluding hydrogens is 392 g/mol. The lowest BCUT2D eigenvalue weighted by Gasteiger charge is -2.56. The Balaban J connectivity index is 1.62. The van der Waals surface area contributed by atoms with Crippen LogP contribution < -0.4 is 0 Å². The first-order chi connectivity index (χ1) is 14.8. The molecule has 168 valence electrons. The molecule has 0 saturated heterocycles. The summed E-state index contributed by atoms with van der Waals surface area (Å²) in [6, 6.07) is 9.82. The fraction of sp³-hybridized carbons (Fsp3) is 0.538. The maximum atomic E-state index is 11.7. The Morgan fingerprint density at radius 2 is 1.84 bits per heavy atom. The van der Waals surface area contributed by atoms with Gasteiger partial charge in [-0.15, -0.1) is 0 Å². The molecule has 3 aliphatic rings. The van der Waals surface area contributed by atoms with Crippen LogP contribution in [-0.2, 0) is 30.4 Å². The highest BCUT2D eigenvalue weighted by molar-refractivity contribution is 5.67. The highest BCUT2D eigenvalue weighted by Gasteiger charge is 2.50. The molecule has 5 nitrogen and oxygen atoms in total. The summed E-state index contributed by atoms with van der Waals surface area (Å²) in [6.07, 6.45) is 8.02. The van der Waals surface area contributed by atoms with Gasteiger partial charge in [-0.3, -0.25) is 9.59 Å². The van der Waals surface area contributed by atoms with E-state index >= 15 is 0 Å². The molecule has 0 aliphatic heterocycles. The first-order valence-corrected chi connectivity index (χ1v) is 11.1. The van der Waals surface area contributed by atoms with Gasteiger partial charge in [-0.25, -0.2) is 0 Å². The van der Waals surface area contributed by atoms with Crippen LogP contribution in [0.15, 0.2) is 54.1 Å². The zero-order chi connectivity index (χ0) is 22.4. The average Bonchev–Trinajstić information content (AvgIpc) is 2.72. The average molecular weight is 427 g/mol. The van der Waals surface area contributed by atoms with Gasteiger partial charge in [0.05, 0.1) is 13.2 Å². The Bertz CT molecular complexity index is 823. The van der Waals surface area contributed by atoms with E-state index in [9.17, 15) is 9.59 Å². The molecule has 0 unspecified atom stereocenters. The monoisotopic (exact) mass is 426 g/mol. The fourth-order valence-corrected chi connectivity index (χ4v) is 4.71. The van der Waals surface area contributed by atoms with Crippen molar-refractivity contribution in [1.29, 1.82) is 0 Å². The molecule has 1 saturated carbocycles. The summed E-state index contributed by atoms with van der Waals surface area (Å²) in [5, 5.41) is 0. The van der Waals surface area contributed by atoms with Gasteiger partial charge >= 0.3 is 11.9 Å². The highest BCUT2D eigenvalue weighted by Crippen LogP contribution is 2.59. The molecule has 1 fully saturated rings. The van der Waals surface area contributed by atoms with Crippen molar-refractivity contribution in [2.45, 2.75) is 65.8 Å². The molecule has 5 heteroatoms. The predicted octanol–water partition coefficient (Wildman–Crippen LogP) is 5.01. The van der Waals surface area contributed by atoms with Gasteiger partial charge in [0.2, 0.25) is 0 Å². The first kappa shape index (κ1) is 23.3. The van der Waals surface area contributed by atoms with E-state index in [1.54, 1.807) is 0 Å². The van der Waals surface area contributed by atoms with E-state index < -0.39 is 12.2 Å². The second-order valence-corrected chi connectivity index (χ2v) is 9.22. The summed E-state index contributed by atoms with van der Waals surface area (Å²) in [7, 11) is 0. The second kappa shape index (κ2) is 10.3. The Morgan fingerprint density at radius 1 is 1.13 bits per heavy atom. The smallest absolute Gasteiger partial charge is 0.303 e. The summed E-state index contributed by atoms with van der Waals surface area (Å²) in [5.74, 6) is 0.590. The molecule has 4 rings (SSSR count). The van der Waals surface area contributed by atoms with E-state index in [0.717, 1.165) is 17.9 Å². The fourth-order valence-electron chi connectivity index (χ4n) is 4.71. The second-order valence-electron chi connectivity index (χ2n) is 9.22. The van der Waals surface area contributed by atoms with Crippen LogP contribution in [-0.4, -0.2) is 30.8 Å². The van der Waals surface area contributed by atoms with Gasteiger partial charge in [0, 0.05) is 20.3 Å². The number of esters is 2. The molecule has 4 atom stereocenters. The van der Waals surface area contributed by atoms with Crippen molar-refractivity contribution < 1.29 is 23.8 Å². The Labute approximate surface area is 185 Å². The standard InChI is InChI=1S/C26H34O5/c1-18(27)30-23(13-11-21-10-12-22-14-25(21)26(22,3)4)15-24(31-19(2)28)17-29-16-20-8-6-5-7-9-20/h5-11,13,22-25H,12,14-17H2,1-4H3/b13-11+/t22-,23+,24+,25-/m0/s1. The van der Waals surface area contributed by atoms with Gasteiger partial charge in [-0.1, -0.05) is 56.3 Å². The van der Waals surface area contributed by atoms with E-state index in [1.807, 2.05) is 36.4 Å². The molecular formula is C26H34O5. The Hall–Kier alpha value is -2.40. The highest BCUT2D eigenvalue weighted by atomic mass is 16.6. The molecule has 0 aromatic heterocycles. The van der Waals surface area contributed by atoms with E-state index in [1.165, 1.54) is 25.8 Å². The quantitative estimate of drug-likeness (QED) is 0.493. The van der Waals surface area contributed by atoms with Crippen LogP contribution in [0.2, 0.25) is 0 Å². The summed E-state index contributed by atoms with van der Waals surface area (Å²) >= 11 is 0. The molecule has 1 aromatic rings. The summed E-state index contributed by atoms with van der Waals surface area (Å²) in [5.41, 5.74) is 2.69. The third-order valence-corrected chi connectivity index (χ3v) is 6.57. The van der Waals surface area contributed by atoms with Crippen LogP contribution in [0.1, 0.15) is 52.5 Å². The van der Waals surface area contributed by atoms with Crippen LogP contribution in [0.5, 0.6) is 0 Å². The first-order valence-electron chi connectivity index (χ1n) is 11.1. The van der Waals surface area contributed by atoms with Crippen LogP contribution >= 0.6 is 0 Å². The molecule has 1 aromatic carbocycles. The van der Waals surface area contributed by atoms with Gasteiger partial charge in [0.15, 0.2) is 0 Å². The van der Waals surface area contributed by atoms with Crippen molar-refractivity contribution in [1.82, 2.24) is 0 Å². The molecule has 2 bridgehead atoms. The minimum Gasteiger partial charge on any atom is -0.460 e. The molecule has 0 amide bonds. The van der Waals surface area contributed by atoms with Crippen molar-refractivity contribution >= 4 is 11.9 Å². The number of hydrogen-bond acceptors (Lipinski definition) is 5. The topological polar surface area (TPSA) is 61.8 Å². The van der Waals surface area contributed by atoms with Crippen molar-refractivity contribution in [3.63, 3.8) is 0 Å². The van der Waals surface area contributed by atoms with Crippen LogP contribution in [0.4, 0.5) is 0 Å². The third-order valence-electron chi connectivity index (χ3n) is 6.57. The molecule has 3 aliphatic carbocycles. The summed E-state index contributed by atoms with van der Waals surface area (Å²) < 4.78 is 16.7. The largest absolute Gasteiger partial charge is 0.460 e. The minimum atomic E-state index is -0.500. The van der Waals surface area contributed by atoms with Crippen LogP contribution in [0, 0.1) is 17.3 Å². The predicted molar refractivity (Wildman–Crippen MR) is 119 cm³/mol. The van der Waals surface area contributed by atoms with Crippen molar-refractivity contribution in [3.8, 4) is 0 Å². The maximum Gasteiger partial charge on any atom is 0.303 e. The lowest BCUT2D eigenvalue weighted by Crippen LogP contribution is -2.47. The summed E-state index contributed by atoms with van der Waals surface area (Å²) in [4.78, 5) is 23.3. The number of allylic oxidation sites excluding steroid dienone is 3. The van der Waals surface area contributed by atoms with Gasteiger partial charge in [-0.05, 0) is 47.3 Å². The molecule has 0 spiro atoms. The number of carbonyl (C=O) groups is 2. The SMILES string of the molecule is CC(=O)O[C@@H](COCc1ccccc1)C[C@@H](/C=C/C1=CC[C@H]2C[C@@H]1C2(C)C)OC(C)=O. The van der Waals surface area contributed by atoms with Gasteiger partial charge in [-0.2, -0.15) is 0 Å². The molecule has 0 heterocycles. The Kier molecular flexibility index (Phi) is 7.71. The molecule has 0 N–H and O–H groups in total. The number of ether oxygens (including phenoxy) is 3. The van der Waals surface area contributed by atoms with Crippen molar-refractivity contribution in [2.75, 3.05) is 6.61 Å². The van der Waals surface area contributed by atoms with Crippen LogP contribution in [0.25, 0.3) is 0 Å². The van der Waals surface area contributed by atoms with Crippen molar-refractivity contribution in [3.05, 3.63) is 59.7 Å². The van der Waals surface area contributed by atoms with E-state index in [0.29, 0.717) is 24.4 Å². The number of hydrogen-bond donors (Lipinski definition) is 0. The zero-order valence-electron chi connectivity index (χ0n) is 19.0. The molecule has 31 heavy (non-hydrogen) atoms. The number of fused-ring (bicyclic) bond motifs is 1. The number of carbonyl (C=O) groups excluding carboxylic acids is 2. The van der Waals surface area contributed by atoms with Gasteiger partial charge < -0.3 is 14.2 Å². The van der Waals surface area contributed by atoms with Gasteiger partial charge in [0.1, 0.15) is 12.2 Å². The third kappa shape index (κ3) is 6.30. The summed E-state index contributed by atoms with van der Waals surface area (Å²) in [6.45, 7) is 8.10. The van der Waals surface area contributed by atoms with E-state index in [4.69, 9.17) is 14.2 Å². The Morgan fingerprint density at radius 3 is 2.45 bits per heavy atom. The van der Waals surface area contributed by atoms with Gasteiger partial charge in [0.25, 0.3) is 0 Å². The zero-order valence-corrected chi connectivity index (χ0v) is 19.0. The van der Waals surface area contributed by atoms with E-state index in [-0.39, 0.29) is 18.5 Å². The lowest BCUT2D eigenvalue weighted by molar-refractivity contribution is -0.154. The number of benzene rings is 1. The van der Waals surface area contributed by atoms with E-state index in [2.05, 4.69) is 26.0 Å². The normalized spacial score (nSPS) is 23.4. The number of rotatable bonds is 10. The van der Waals surface area contributed by atoms with Crippen LogP contribution in [0.3, 0.4) is 0 Å². The molecule has 0 radical (unpaired) electrons.